The number of sulfonamides is 1. The first-order valence-corrected chi connectivity index (χ1v) is 11.9. The van der Waals surface area contributed by atoms with Gasteiger partial charge in [-0.05, 0) is 45.0 Å². The van der Waals surface area contributed by atoms with Gasteiger partial charge < -0.3 is 10.5 Å². The Morgan fingerprint density at radius 1 is 1.24 bits per heavy atom. The maximum absolute atomic E-state index is 13.7. The molecule has 3 rings (SSSR count). The van der Waals surface area contributed by atoms with Crippen LogP contribution in [-0.4, -0.2) is 61.0 Å². The molecule has 0 aliphatic heterocycles. The molecule has 1 amide bonds. The van der Waals surface area contributed by atoms with Crippen molar-refractivity contribution in [1.29, 1.82) is 5.26 Å². The average molecular weight is 539 g/mol. The molecule has 0 aromatic carbocycles. The molecule has 196 valence electrons. The Kier molecular flexibility index (Phi) is 7.51. The van der Waals surface area contributed by atoms with Crippen molar-refractivity contribution in [2.45, 2.75) is 37.9 Å². The third-order valence-corrected chi connectivity index (χ3v) is 7.01. The summed E-state index contributed by atoms with van der Waals surface area (Å²) in [4.78, 5) is 23.5. The third-order valence-electron chi connectivity index (χ3n) is 5.09. The number of carbonyl (C=O) groups is 1. The van der Waals surface area contributed by atoms with Crippen LogP contribution >= 0.6 is 0 Å². The van der Waals surface area contributed by atoms with Crippen molar-refractivity contribution in [3.63, 3.8) is 0 Å². The lowest BCUT2D eigenvalue weighted by atomic mass is 10.1. The van der Waals surface area contributed by atoms with Gasteiger partial charge in [-0.3, -0.25) is 4.79 Å². The van der Waals surface area contributed by atoms with E-state index in [9.17, 15) is 26.4 Å². The molecule has 0 bridgehead atoms. The summed E-state index contributed by atoms with van der Waals surface area (Å²) in [5, 5.41) is 13.0. The third kappa shape index (κ3) is 5.67. The van der Waals surface area contributed by atoms with Crippen LogP contribution < -0.4 is 10.5 Å². The number of aromatic nitrogens is 5. The Balaban J connectivity index is 1.98. The van der Waals surface area contributed by atoms with Crippen LogP contribution in [0.2, 0.25) is 0 Å². The summed E-state index contributed by atoms with van der Waals surface area (Å²) in [6.45, 7) is 2.96. The summed E-state index contributed by atoms with van der Waals surface area (Å²) in [5.41, 5.74) is -2.09. The molecule has 0 saturated heterocycles. The second-order valence-electron chi connectivity index (χ2n) is 8.31. The van der Waals surface area contributed by atoms with Crippen molar-refractivity contribution in [3.05, 3.63) is 59.9 Å². The minimum absolute atomic E-state index is 0.132. The topological polar surface area (TPSA) is 170 Å². The summed E-state index contributed by atoms with van der Waals surface area (Å²) in [7, 11) is -5.94. The Morgan fingerprint density at radius 3 is 2.51 bits per heavy atom. The van der Waals surface area contributed by atoms with Crippen LogP contribution in [0.1, 0.15) is 48.6 Å². The number of rotatable bonds is 9. The number of nitriles is 1. The van der Waals surface area contributed by atoms with Crippen molar-refractivity contribution >= 4 is 15.9 Å². The van der Waals surface area contributed by atoms with E-state index in [4.69, 9.17) is 15.7 Å². The van der Waals surface area contributed by atoms with Gasteiger partial charge in [0.1, 0.15) is 24.6 Å². The Morgan fingerprint density at radius 2 is 1.95 bits per heavy atom. The van der Waals surface area contributed by atoms with Crippen molar-refractivity contribution < 1.29 is 31.1 Å². The molecule has 3 aromatic heterocycles. The molecule has 12 nitrogen and oxygen atoms in total. The standard InChI is InChI=1S/C21H21F3N8O4S/c1-13(18-29-12-31(30-18)16-7-6-14(9-25)10-28-16)32(37(34,35)21(22,23)24)20(2,3)11-36-19-15(17(26)33)5-4-8-27-19/h4-8,10,12-13H,11H2,1-3H3,(H2,26,33). The van der Waals surface area contributed by atoms with E-state index in [1.165, 1.54) is 57.4 Å². The normalized spacial score (nSPS) is 13.2. The number of pyridine rings is 2. The second-order valence-corrected chi connectivity index (χ2v) is 10.1. The molecular formula is C21H21F3N8O4S. The minimum atomic E-state index is -5.94. The number of primary amides is 1. The average Bonchev–Trinajstić information content (AvgIpc) is 3.32. The quantitative estimate of drug-likeness (QED) is 0.428. The number of ether oxygens (including phenoxy) is 1. The van der Waals surface area contributed by atoms with Crippen molar-refractivity contribution in [3.8, 4) is 17.8 Å². The molecule has 1 atom stereocenters. The second kappa shape index (κ2) is 10.1. The van der Waals surface area contributed by atoms with Crippen LogP contribution in [0.5, 0.6) is 5.88 Å². The summed E-state index contributed by atoms with van der Waals surface area (Å²) in [6, 6.07) is 5.97. The molecular weight excluding hydrogens is 517 g/mol. The van der Waals surface area contributed by atoms with Crippen LogP contribution in [0.25, 0.3) is 5.82 Å². The van der Waals surface area contributed by atoms with Gasteiger partial charge in [0.15, 0.2) is 11.6 Å². The number of amides is 1. The predicted molar refractivity (Wildman–Crippen MR) is 121 cm³/mol. The maximum Gasteiger partial charge on any atom is 0.511 e. The Labute approximate surface area is 209 Å². The van der Waals surface area contributed by atoms with Gasteiger partial charge in [0.25, 0.3) is 5.91 Å². The van der Waals surface area contributed by atoms with E-state index in [1.54, 1.807) is 0 Å². The Hall–Kier alpha value is -4.10. The molecule has 0 saturated carbocycles. The van der Waals surface area contributed by atoms with Crippen LogP contribution in [0.15, 0.2) is 43.0 Å². The molecule has 0 fully saturated rings. The number of halogens is 3. The predicted octanol–water partition coefficient (Wildman–Crippen LogP) is 2.10. The van der Waals surface area contributed by atoms with Crippen molar-refractivity contribution in [1.82, 2.24) is 29.0 Å². The highest BCUT2D eigenvalue weighted by Gasteiger charge is 2.56. The van der Waals surface area contributed by atoms with Crippen LogP contribution in [0.3, 0.4) is 0 Å². The van der Waals surface area contributed by atoms with Crippen molar-refractivity contribution in [2.75, 3.05) is 6.61 Å². The first kappa shape index (κ1) is 27.5. The van der Waals surface area contributed by atoms with E-state index in [0.717, 1.165) is 11.0 Å². The van der Waals surface area contributed by atoms with Gasteiger partial charge in [-0.2, -0.15) is 22.7 Å². The van der Waals surface area contributed by atoms with Gasteiger partial charge in [0.05, 0.1) is 17.1 Å². The van der Waals surface area contributed by atoms with Gasteiger partial charge in [-0.1, -0.05) is 0 Å². The van der Waals surface area contributed by atoms with E-state index in [-0.39, 0.29) is 33.0 Å². The molecule has 2 N–H and O–H groups in total. The van der Waals surface area contributed by atoms with Crippen LogP contribution in [0.4, 0.5) is 13.2 Å². The van der Waals surface area contributed by atoms with Crippen LogP contribution in [0, 0.1) is 11.3 Å². The number of hydrogen-bond acceptors (Lipinski definition) is 9. The summed E-state index contributed by atoms with van der Waals surface area (Å²) in [5.74, 6) is -1.22. The van der Waals surface area contributed by atoms with Gasteiger partial charge in [0.2, 0.25) is 5.88 Å². The molecule has 16 heteroatoms. The van der Waals surface area contributed by atoms with Crippen molar-refractivity contribution in [2.24, 2.45) is 5.73 Å². The van der Waals surface area contributed by atoms with E-state index < -0.39 is 39.6 Å². The van der Waals surface area contributed by atoms with E-state index in [0.29, 0.717) is 0 Å². The summed E-state index contributed by atoms with van der Waals surface area (Å²) < 4.78 is 73.4. The first-order chi connectivity index (χ1) is 17.2. The molecule has 37 heavy (non-hydrogen) atoms. The molecule has 0 aliphatic rings. The van der Waals surface area contributed by atoms with Gasteiger partial charge >= 0.3 is 15.5 Å². The fourth-order valence-electron chi connectivity index (χ4n) is 3.44. The van der Waals surface area contributed by atoms with Gasteiger partial charge in [0, 0.05) is 12.4 Å². The number of nitrogens with two attached hydrogens (primary N) is 1. The molecule has 0 spiro atoms. The van der Waals surface area contributed by atoms with E-state index in [2.05, 4.69) is 20.1 Å². The summed E-state index contributed by atoms with van der Waals surface area (Å²) >= 11 is 0. The van der Waals surface area contributed by atoms with Crippen LogP contribution in [-0.2, 0) is 10.0 Å². The van der Waals surface area contributed by atoms with E-state index >= 15 is 0 Å². The smallest absolute Gasteiger partial charge is 0.475 e. The lowest BCUT2D eigenvalue weighted by Gasteiger charge is -2.40. The largest absolute Gasteiger partial charge is 0.511 e. The fraction of sp³-hybridized carbons (Fsp3) is 0.333. The lowest BCUT2D eigenvalue weighted by molar-refractivity contribution is -0.0553. The number of hydrogen-bond donors (Lipinski definition) is 1. The number of nitrogens with zero attached hydrogens (tertiary/aromatic N) is 7. The fourth-order valence-corrected chi connectivity index (χ4v) is 4.88. The molecule has 0 radical (unpaired) electrons. The zero-order valence-electron chi connectivity index (χ0n) is 19.7. The molecule has 3 heterocycles. The number of alkyl halides is 3. The monoisotopic (exact) mass is 538 g/mol. The minimum Gasteiger partial charge on any atom is -0.475 e. The molecule has 1 unspecified atom stereocenters. The highest BCUT2D eigenvalue weighted by atomic mass is 32.2. The summed E-state index contributed by atoms with van der Waals surface area (Å²) in [6.07, 6.45) is 3.68. The zero-order valence-corrected chi connectivity index (χ0v) is 20.5. The van der Waals surface area contributed by atoms with E-state index in [1.807, 2.05) is 6.07 Å². The molecule has 0 aliphatic carbocycles. The van der Waals surface area contributed by atoms with Gasteiger partial charge in [-0.25, -0.2) is 28.1 Å². The molecule has 3 aromatic rings. The number of carbonyl (C=O) groups excluding carboxylic acids is 1. The SMILES string of the molecule is CC(c1ncn(-c2ccc(C#N)cn2)n1)N(C(C)(C)COc1ncccc1C(N)=O)S(=O)(=O)C(F)(F)F. The first-order valence-electron chi connectivity index (χ1n) is 10.5. The Bertz CT molecular complexity index is 1430. The van der Waals surface area contributed by atoms with Gasteiger partial charge in [-0.15, -0.1) is 5.10 Å². The lowest BCUT2D eigenvalue weighted by Crippen LogP contribution is -2.56. The maximum atomic E-state index is 13.7. The zero-order chi connectivity index (χ0) is 27.6. The highest BCUT2D eigenvalue weighted by Crippen LogP contribution is 2.38. The highest BCUT2D eigenvalue weighted by molar-refractivity contribution is 7.90.